The van der Waals surface area contributed by atoms with Crippen LogP contribution in [0.15, 0.2) is 36.4 Å². The third kappa shape index (κ3) is 3.06. The molecule has 1 aromatic heterocycles. The summed E-state index contributed by atoms with van der Waals surface area (Å²) in [7, 11) is 1.30. The van der Waals surface area contributed by atoms with E-state index in [1.807, 2.05) is 24.3 Å². The van der Waals surface area contributed by atoms with Gasteiger partial charge in [0, 0.05) is 0 Å². The molecule has 0 amide bonds. The molecule has 5 heteroatoms. The van der Waals surface area contributed by atoms with Gasteiger partial charge in [0.05, 0.1) is 12.8 Å². The summed E-state index contributed by atoms with van der Waals surface area (Å²) in [5, 5.41) is 0. The summed E-state index contributed by atoms with van der Waals surface area (Å²) in [4.78, 5) is 15.5. The molecular formula is C15H16N2O3. The molecule has 0 aliphatic heterocycles. The minimum Gasteiger partial charge on any atom is -0.464 e. The predicted octanol–water partition coefficient (Wildman–Crippen LogP) is 2.81. The molecule has 5 nitrogen and oxygen atoms in total. The molecule has 104 valence electrons. The number of pyridine rings is 1. The van der Waals surface area contributed by atoms with E-state index in [4.69, 9.17) is 10.5 Å². The molecule has 0 spiro atoms. The van der Waals surface area contributed by atoms with E-state index in [0.717, 1.165) is 12.0 Å². The summed E-state index contributed by atoms with van der Waals surface area (Å²) < 4.78 is 10.3. The number of aryl methyl sites for hydroxylation is 1. The Hall–Kier alpha value is -2.56. The van der Waals surface area contributed by atoms with Crippen molar-refractivity contribution in [2.75, 3.05) is 12.8 Å². The summed E-state index contributed by atoms with van der Waals surface area (Å²) in [6, 6.07) is 10.7. The fourth-order valence-corrected chi connectivity index (χ4v) is 1.69. The Balaban J connectivity index is 2.30. The van der Waals surface area contributed by atoms with Crippen molar-refractivity contribution in [3.05, 3.63) is 47.7 Å². The molecule has 0 aliphatic carbocycles. The molecule has 0 radical (unpaired) electrons. The molecule has 2 rings (SSSR count). The summed E-state index contributed by atoms with van der Waals surface area (Å²) in [6.07, 6.45) is 0.905. The minimum absolute atomic E-state index is 0.156. The number of hydrogen-bond acceptors (Lipinski definition) is 5. The first kappa shape index (κ1) is 13.9. The summed E-state index contributed by atoms with van der Waals surface area (Å²) >= 11 is 0. The predicted molar refractivity (Wildman–Crippen MR) is 75.9 cm³/mol. The Morgan fingerprint density at radius 3 is 2.80 bits per heavy atom. The second kappa shape index (κ2) is 6.06. The topological polar surface area (TPSA) is 74.4 Å². The number of methoxy groups -OCH3 is 1. The lowest BCUT2D eigenvalue weighted by molar-refractivity contribution is 0.0593. The van der Waals surface area contributed by atoms with Crippen LogP contribution in [-0.2, 0) is 11.2 Å². The fourth-order valence-electron chi connectivity index (χ4n) is 1.69. The van der Waals surface area contributed by atoms with Crippen LogP contribution in [0.4, 0.5) is 5.69 Å². The van der Waals surface area contributed by atoms with Gasteiger partial charge in [0.25, 0.3) is 0 Å². The number of rotatable bonds is 4. The van der Waals surface area contributed by atoms with Gasteiger partial charge in [-0.1, -0.05) is 19.1 Å². The van der Waals surface area contributed by atoms with Crippen molar-refractivity contribution in [2.24, 2.45) is 0 Å². The second-order valence-electron chi connectivity index (χ2n) is 4.19. The number of anilines is 1. The number of benzene rings is 1. The number of nitrogen functional groups attached to an aromatic ring is 1. The summed E-state index contributed by atoms with van der Waals surface area (Å²) in [6.45, 7) is 2.06. The van der Waals surface area contributed by atoms with Crippen LogP contribution in [0.3, 0.4) is 0 Å². The first-order valence-corrected chi connectivity index (χ1v) is 6.25. The number of aromatic nitrogens is 1. The third-order valence-corrected chi connectivity index (χ3v) is 2.81. The highest BCUT2D eigenvalue weighted by molar-refractivity contribution is 5.87. The van der Waals surface area contributed by atoms with Gasteiger partial charge in [-0.25, -0.2) is 9.78 Å². The van der Waals surface area contributed by atoms with Crippen LogP contribution < -0.4 is 10.5 Å². The maximum Gasteiger partial charge on any atom is 0.356 e. The molecule has 0 aliphatic rings. The Morgan fingerprint density at radius 2 is 2.10 bits per heavy atom. The molecule has 0 atom stereocenters. The van der Waals surface area contributed by atoms with Crippen molar-refractivity contribution in [3.8, 4) is 11.6 Å². The first-order chi connectivity index (χ1) is 9.63. The molecule has 0 fully saturated rings. The maximum atomic E-state index is 11.4. The van der Waals surface area contributed by atoms with Crippen molar-refractivity contribution >= 4 is 11.7 Å². The monoisotopic (exact) mass is 272 g/mol. The van der Waals surface area contributed by atoms with Crippen molar-refractivity contribution in [1.29, 1.82) is 0 Å². The zero-order chi connectivity index (χ0) is 14.5. The lowest BCUT2D eigenvalue weighted by atomic mass is 10.2. The molecule has 1 aromatic carbocycles. The summed E-state index contributed by atoms with van der Waals surface area (Å²) in [5.41, 5.74) is 7.47. The van der Waals surface area contributed by atoms with Gasteiger partial charge < -0.3 is 15.2 Å². The van der Waals surface area contributed by atoms with Crippen molar-refractivity contribution in [2.45, 2.75) is 13.3 Å². The number of ether oxygens (including phenoxy) is 2. The summed E-state index contributed by atoms with van der Waals surface area (Å²) in [5.74, 6) is 0.295. The van der Waals surface area contributed by atoms with Gasteiger partial charge in [0.15, 0.2) is 5.69 Å². The second-order valence-corrected chi connectivity index (χ2v) is 4.19. The number of hydrogen-bond donors (Lipinski definition) is 1. The van der Waals surface area contributed by atoms with Crippen molar-refractivity contribution < 1.29 is 14.3 Å². The van der Waals surface area contributed by atoms with E-state index in [1.54, 1.807) is 6.07 Å². The zero-order valence-corrected chi connectivity index (χ0v) is 11.4. The van der Waals surface area contributed by atoms with E-state index in [1.165, 1.54) is 13.2 Å². The zero-order valence-electron chi connectivity index (χ0n) is 11.4. The third-order valence-electron chi connectivity index (χ3n) is 2.81. The van der Waals surface area contributed by atoms with Crippen LogP contribution in [0, 0.1) is 0 Å². The largest absolute Gasteiger partial charge is 0.464 e. The molecule has 2 aromatic rings. The standard InChI is InChI=1S/C15H16N2O3/c1-3-10-5-4-6-11(9-10)20-14-12(16)7-8-13(17-14)15(18)19-2/h4-9H,3,16H2,1-2H3. The average molecular weight is 272 g/mol. The van der Waals surface area contributed by atoms with E-state index in [2.05, 4.69) is 16.6 Å². The van der Waals surface area contributed by atoms with Crippen molar-refractivity contribution in [1.82, 2.24) is 4.98 Å². The molecule has 0 saturated carbocycles. The lowest BCUT2D eigenvalue weighted by Gasteiger charge is -2.09. The van der Waals surface area contributed by atoms with E-state index in [-0.39, 0.29) is 11.6 Å². The van der Waals surface area contributed by atoms with Gasteiger partial charge in [-0.05, 0) is 36.2 Å². The van der Waals surface area contributed by atoms with E-state index in [9.17, 15) is 4.79 Å². The molecule has 0 bridgehead atoms. The van der Waals surface area contributed by atoms with Gasteiger partial charge >= 0.3 is 5.97 Å². The maximum absolute atomic E-state index is 11.4. The Kier molecular flexibility index (Phi) is 4.20. The Bertz CT molecular complexity index is 626. The van der Waals surface area contributed by atoms with Gasteiger partial charge in [-0.2, -0.15) is 0 Å². The van der Waals surface area contributed by atoms with E-state index in [0.29, 0.717) is 11.4 Å². The number of esters is 1. The van der Waals surface area contributed by atoms with Crippen LogP contribution in [0.25, 0.3) is 0 Å². The number of nitrogens with zero attached hydrogens (tertiary/aromatic N) is 1. The first-order valence-electron chi connectivity index (χ1n) is 6.25. The molecule has 1 heterocycles. The smallest absolute Gasteiger partial charge is 0.356 e. The molecular weight excluding hydrogens is 256 g/mol. The number of carbonyl (C=O) groups is 1. The lowest BCUT2D eigenvalue weighted by Crippen LogP contribution is -2.06. The van der Waals surface area contributed by atoms with E-state index < -0.39 is 5.97 Å². The highest BCUT2D eigenvalue weighted by atomic mass is 16.5. The SMILES string of the molecule is CCc1cccc(Oc2nc(C(=O)OC)ccc2N)c1. The van der Waals surface area contributed by atoms with Crippen molar-refractivity contribution in [3.63, 3.8) is 0 Å². The molecule has 20 heavy (non-hydrogen) atoms. The van der Waals surface area contributed by atoms with Gasteiger partial charge in [0.2, 0.25) is 5.88 Å². The van der Waals surface area contributed by atoms with Gasteiger partial charge in [-0.15, -0.1) is 0 Å². The van der Waals surface area contributed by atoms with Crippen LogP contribution >= 0.6 is 0 Å². The van der Waals surface area contributed by atoms with E-state index >= 15 is 0 Å². The normalized spacial score (nSPS) is 10.1. The highest BCUT2D eigenvalue weighted by Crippen LogP contribution is 2.26. The van der Waals surface area contributed by atoms with Crippen LogP contribution in [-0.4, -0.2) is 18.1 Å². The minimum atomic E-state index is -0.530. The number of carbonyl (C=O) groups excluding carboxylic acids is 1. The highest BCUT2D eigenvalue weighted by Gasteiger charge is 2.12. The van der Waals surface area contributed by atoms with Crippen LogP contribution in [0.5, 0.6) is 11.6 Å². The van der Waals surface area contributed by atoms with Gasteiger partial charge in [-0.3, -0.25) is 0 Å². The molecule has 0 saturated heterocycles. The molecule has 0 unspecified atom stereocenters. The Morgan fingerprint density at radius 1 is 1.30 bits per heavy atom. The quantitative estimate of drug-likeness (QED) is 0.866. The van der Waals surface area contributed by atoms with Crippen LogP contribution in [0.2, 0.25) is 0 Å². The van der Waals surface area contributed by atoms with Crippen LogP contribution in [0.1, 0.15) is 23.0 Å². The number of nitrogens with two attached hydrogens (primary N) is 1. The molecule has 2 N–H and O–H groups in total. The fraction of sp³-hybridized carbons (Fsp3) is 0.200. The average Bonchev–Trinajstić information content (AvgIpc) is 2.49. The Labute approximate surface area is 117 Å². The van der Waals surface area contributed by atoms with Gasteiger partial charge in [0.1, 0.15) is 5.75 Å².